The van der Waals surface area contributed by atoms with Gasteiger partial charge in [-0.05, 0) is 0 Å². The maximum atomic E-state index is 11.8. The van der Waals surface area contributed by atoms with Crippen LogP contribution in [0.2, 0.25) is 0 Å². The molecular weight excluding hydrogens is 204 g/mol. The van der Waals surface area contributed by atoms with Crippen molar-refractivity contribution in [1.82, 2.24) is 20.4 Å². The predicted molar refractivity (Wildman–Crippen MR) is 61.1 cm³/mol. The molecule has 16 heavy (non-hydrogen) atoms. The van der Waals surface area contributed by atoms with Crippen LogP contribution >= 0.6 is 0 Å². The largest absolute Gasteiger partial charge is 0.347 e. The number of carbonyl (C=O) groups excluding carboxylic acids is 1. The lowest BCUT2D eigenvalue weighted by Gasteiger charge is -2.13. The molecule has 1 aliphatic heterocycles. The summed E-state index contributed by atoms with van der Waals surface area (Å²) in [6.45, 7) is 5.70. The van der Waals surface area contributed by atoms with Crippen LogP contribution in [0.1, 0.15) is 21.7 Å². The number of aromatic nitrogens is 2. The molecule has 1 aliphatic rings. The van der Waals surface area contributed by atoms with Gasteiger partial charge in [0.2, 0.25) is 0 Å². The van der Waals surface area contributed by atoms with Crippen molar-refractivity contribution in [3.05, 3.63) is 29.6 Å². The van der Waals surface area contributed by atoms with Crippen molar-refractivity contribution >= 4 is 5.91 Å². The highest BCUT2D eigenvalue weighted by molar-refractivity contribution is 5.94. The van der Waals surface area contributed by atoms with Gasteiger partial charge in [-0.3, -0.25) is 9.48 Å². The second-order valence-corrected chi connectivity index (χ2v) is 3.82. The van der Waals surface area contributed by atoms with Crippen molar-refractivity contribution in [2.75, 3.05) is 13.1 Å². The van der Waals surface area contributed by atoms with E-state index in [-0.39, 0.29) is 5.91 Å². The normalized spacial score (nSPS) is 14.3. The Bertz CT molecular complexity index is 422. The van der Waals surface area contributed by atoms with Crippen LogP contribution in [0.5, 0.6) is 0 Å². The van der Waals surface area contributed by atoms with Crippen molar-refractivity contribution in [2.24, 2.45) is 7.05 Å². The number of carbonyl (C=O) groups is 1. The van der Waals surface area contributed by atoms with E-state index in [2.05, 4.69) is 22.3 Å². The molecule has 0 atom stereocenters. The highest BCUT2D eigenvalue weighted by atomic mass is 16.1. The van der Waals surface area contributed by atoms with Crippen molar-refractivity contribution in [1.29, 1.82) is 0 Å². The lowest BCUT2D eigenvalue weighted by molar-refractivity contribution is 0.0951. The molecule has 2 heterocycles. The van der Waals surface area contributed by atoms with Gasteiger partial charge in [-0.25, -0.2) is 0 Å². The molecule has 0 radical (unpaired) electrons. The Kier molecular flexibility index (Phi) is 3.05. The molecule has 2 N–H and O–H groups in total. The minimum absolute atomic E-state index is 0.125. The Hall–Kier alpha value is -1.62. The Morgan fingerprint density at radius 3 is 3.31 bits per heavy atom. The smallest absolute Gasteiger partial charge is 0.272 e. The average molecular weight is 220 g/mol. The molecule has 0 bridgehead atoms. The fraction of sp³-hybridized carbons (Fsp3) is 0.455. The van der Waals surface area contributed by atoms with E-state index >= 15 is 0 Å². The van der Waals surface area contributed by atoms with Gasteiger partial charge in [-0.15, -0.1) is 6.58 Å². The molecule has 0 saturated heterocycles. The zero-order valence-corrected chi connectivity index (χ0v) is 9.42. The zero-order valence-electron chi connectivity index (χ0n) is 9.42. The van der Waals surface area contributed by atoms with Crippen LogP contribution in [0.4, 0.5) is 0 Å². The Morgan fingerprint density at radius 2 is 2.56 bits per heavy atom. The van der Waals surface area contributed by atoms with E-state index in [9.17, 15) is 4.79 Å². The number of nitrogens with one attached hydrogen (secondary N) is 2. The van der Waals surface area contributed by atoms with Gasteiger partial charge in [0.15, 0.2) is 5.69 Å². The Labute approximate surface area is 94.5 Å². The lowest BCUT2D eigenvalue weighted by Crippen LogP contribution is -2.28. The minimum Gasteiger partial charge on any atom is -0.347 e. The highest BCUT2D eigenvalue weighted by Crippen LogP contribution is 2.17. The number of hydrogen-bond donors (Lipinski definition) is 2. The van der Waals surface area contributed by atoms with Gasteiger partial charge >= 0.3 is 0 Å². The number of aryl methyl sites for hydroxylation is 1. The van der Waals surface area contributed by atoms with Crippen LogP contribution in [0.3, 0.4) is 0 Å². The molecule has 5 heteroatoms. The third-order valence-corrected chi connectivity index (χ3v) is 2.74. The van der Waals surface area contributed by atoms with Gasteiger partial charge in [-0.2, -0.15) is 5.10 Å². The average Bonchev–Trinajstić information content (AvgIpc) is 2.65. The number of fused-ring (bicyclic) bond motifs is 1. The van der Waals surface area contributed by atoms with Gasteiger partial charge in [-0.1, -0.05) is 6.08 Å². The molecule has 1 aromatic rings. The first-order chi connectivity index (χ1) is 7.74. The first-order valence-electron chi connectivity index (χ1n) is 5.38. The van der Waals surface area contributed by atoms with Crippen LogP contribution in [-0.2, 0) is 20.0 Å². The van der Waals surface area contributed by atoms with E-state index in [4.69, 9.17) is 0 Å². The van der Waals surface area contributed by atoms with Crippen LogP contribution in [0, 0.1) is 0 Å². The van der Waals surface area contributed by atoms with Crippen LogP contribution in [0.15, 0.2) is 12.7 Å². The topological polar surface area (TPSA) is 59.0 Å². The summed E-state index contributed by atoms with van der Waals surface area (Å²) in [7, 11) is 1.88. The number of nitrogens with zero attached hydrogens (tertiary/aromatic N) is 2. The number of hydrogen-bond acceptors (Lipinski definition) is 3. The van der Waals surface area contributed by atoms with Gasteiger partial charge in [0.05, 0.1) is 0 Å². The van der Waals surface area contributed by atoms with Crippen molar-refractivity contribution in [3.63, 3.8) is 0 Å². The lowest BCUT2D eigenvalue weighted by atomic mass is 10.1. The van der Waals surface area contributed by atoms with Crippen molar-refractivity contribution in [3.8, 4) is 0 Å². The summed E-state index contributed by atoms with van der Waals surface area (Å²) < 4.78 is 1.80. The molecule has 0 unspecified atom stereocenters. The second-order valence-electron chi connectivity index (χ2n) is 3.82. The molecule has 1 aromatic heterocycles. The molecule has 5 nitrogen and oxygen atoms in total. The zero-order chi connectivity index (χ0) is 11.5. The standard InChI is InChI=1S/C11H16N4O/c1-3-5-13-11(16)10-8-7-12-6-4-9(8)15(2)14-10/h3,12H,1,4-7H2,2H3,(H,13,16). The summed E-state index contributed by atoms with van der Waals surface area (Å²) in [6, 6.07) is 0. The maximum Gasteiger partial charge on any atom is 0.272 e. The fourth-order valence-electron chi connectivity index (χ4n) is 1.95. The Morgan fingerprint density at radius 1 is 1.75 bits per heavy atom. The summed E-state index contributed by atoms with van der Waals surface area (Å²) >= 11 is 0. The van der Waals surface area contributed by atoms with E-state index in [0.717, 1.165) is 30.8 Å². The van der Waals surface area contributed by atoms with Gasteiger partial charge in [0, 0.05) is 44.4 Å². The summed E-state index contributed by atoms with van der Waals surface area (Å²) in [5.74, 6) is -0.125. The molecule has 0 aromatic carbocycles. The molecule has 86 valence electrons. The molecule has 1 amide bonds. The van der Waals surface area contributed by atoms with E-state index in [1.54, 1.807) is 10.8 Å². The summed E-state index contributed by atoms with van der Waals surface area (Å²) in [5.41, 5.74) is 2.71. The first-order valence-corrected chi connectivity index (χ1v) is 5.38. The molecule has 0 saturated carbocycles. The van der Waals surface area contributed by atoms with E-state index < -0.39 is 0 Å². The SMILES string of the molecule is C=CCNC(=O)c1nn(C)c2c1CNCC2. The minimum atomic E-state index is -0.125. The number of rotatable bonds is 3. The van der Waals surface area contributed by atoms with Crippen LogP contribution < -0.4 is 10.6 Å². The van der Waals surface area contributed by atoms with Gasteiger partial charge in [0.1, 0.15) is 0 Å². The number of amides is 1. The van der Waals surface area contributed by atoms with Gasteiger partial charge in [0.25, 0.3) is 5.91 Å². The first kappa shape index (κ1) is 10.9. The van der Waals surface area contributed by atoms with Crippen LogP contribution in [0.25, 0.3) is 0 Å². The van der Waals surface area contributed by atoms with E-state index in [0.29, 0.717) is 12.2 Å². The molecule has 0 spiro atoms. The highest BCUT2D eigenvalue weighted by Gasteiger charge is 2.22. The third-order valence-electron chi connectivity index (χ3n) is 2.74. The molecule has 2 rings (SSSR count). The predicted octanol–water partition coefficient (Wildman–Crippen LogP) is -0.0184. The van der Waals surface area contributed by atoms with Crippen LogP contribution in [-0.4, -0.2) is 28.8 Å². The molecular formula is C11H16N4O. The summed E-state index contributed by atoms with van der Waals surface area (Å²) in [4.78, 5) is 11.8. The summed E-state index contributed by atoms with van der Waals surface area (Å²) in [6.07, 6.45) is 2.58. The fourth-order valence-corrected chi connectivity index (χ4v) is 1.95. The molecule has 0 aliphatic carbocycles. The third kappa shape index (κ3) is 1.86. The summed E-state index contributed by atoms with van der Waals surface area (Å²) in [5, 5.41) is 10.3. The monoisotopic (exact) mass is 220 g/mol. The Balaban J connectivity index is 2.27. The van der Waals surface area contributed by atoms with E-state index in [1.807, 2.05) is 7.05 Å². The molecule has 0 fully saturated rings. The van der Waals surface area contributed by atoms with Gasteiger partial charge < -0.3 is 10.6 Å². The quantitative estimate of drug-likeness (QED) is 0.704. The second kappa shape index (κ2) is 4.49. The maximum absolute atomic E-state index is 11.8. The van der Waals surface area contributed by atoms with Crippen molar-refractivity contribution < 1.29 is 4.79 Å². The van der Waals surface area contributed by atoms with Crippen molar-refractivity contribution in [2.45, 2.75) is 13.0 Å². The van der Waals surface area contributed by atoms with E-state index in [1.165, 1.54) is 0 Å².